The van der Waals surface area contributed by atoms with Gasteiger partial charge in [0, 0.05) is 37.3 Å². The number of fused-ring (bicyclic) bond motifs is 3. The van der Waals surface area contributed by atoms with Gasteiger partial charge in [-0.3, -0.25) is 4.90 Å². The summed E-state index contributed by atoms with van der Waals surface area (Å²) in [6.07, 6.45) is 0. The molecule has 2 aromatic carbocycles. The molecule has 0 aliphatic carbocycles. The third-order valence-corrected chi connectivity index (χ3v) is 4.69. The quantitative estimate of drug-likeness (QED) is 0.876. The molecule has 1 atom stereocenters. The Labute approximate surface area is 129 Å². The molecule has 1 fully saturated rings. The van der Waals surface area contributed by atoms with Crippen LogP contribution in [0.15, 0.2) is 42.5 Å². The molecule has 3 nitrogen and oxygen atoms in total. The Kier molecular flexibility index (Phi) is 3.17. The van der Waals surface area contributed by atoms with Gasteiger partial charge >= 0.3 is 0 Å². The summed E-state index contributed by atoms with van der Waals surface area (Å²) >= 11 is 0. The third kappa shape index (κ3) is 2.02. The van der Waals surface area contributed by atoms with Gasteiger partial charge in [0.1, 0.15) is 11.6 Å². The van der Waals surface area contributed by atoms with Crippen molar-refractivity contribution >= 4 is 0 Å². The Morgan fingerprint density at radius 3 is 2.68 bits per heavy atom. The molecule has 0 aromatic heterocycles. The lowest BCUT2D eigenvalue weighted by Crippen LogP contribution is -2.56. The number of nitrogens with one attached hydrogen (secondary N) is 1. The molecule has 0 saturated carbocycles. The maximum atomic E-state index is 13.9. The normalized spacial score (nSPS) is 24.3. The highest BCUT2D eigenvalue weighted by molar-refractivity contribution is 5.76. The molecule has 0 amide bonds. The minimum atomic E-state index is -0.631. The Bertz CT molecular complexity index is 712. The summed E-state index contributed by atoms with van der Waals surface area (Å²) in [5.74, 6) is 0.644. The summed E-state index contributed by atoms with van der Waals surface area (Å²) in [5, 5.41) is 3.35. The molecule has 1 saturated heterocycles. The molecule has 2 aliphatic rings. The fraction of sp³-hybridized carbons (Fsp3) is 0.333. The van der Waals surface area contributed by atoms with Crippen LogP contribution in [0.3, 0.4) is 0 Å². The molecule has 114 valence electrons. The van der Waals surface area contributed by atoms with Crippen molar-refractivity contribution in [3.05, 3.63) is 53.8 Å². The highest BCUT2D eigenvalue weighted by atomic mass is 19.1. The number of piperazine rings is 1. The van der Waals surface area contributed by atoms with E-state index < -0.39 is 5.72 Å². The standard InChI is InChI=1S/C18H19FN2O/c1-18(21-10-8-20-9-11-21)16-12-13(19)6-7-14(16)15-4-2-3-5-17(15)22-18/h2-7,12,20H,8-11H2,1H3. The zero-order valence-corrected chi connectivity index (χ0v) is 12.6. The molecule has 0 radical (unpaired) electrons. The number of benzene rings is 2. The zero-order chi connectivity index (χ0) is 15.2. The lowest BCUT2D eigenvalue weighted by Gasteiger charge is -2.46. The summed E-state index contributed by atoms with van der Waals surface area (Å²) in [5.41, 5.74) is 2.37. The Hall–Kier alpha value is -1.91. The van der Waals surface area contributed by atoms with Gasteiger partial charge in [0.15, 0.2) is 5.72 Å². The Morgan fingerprint density at radius 2 is 1.86 bits per heavy atom. The van der Waals surface area contributed by atoms with Gasteiger partial charge in [-0.25, -0.2) is 4.39 Å². The molecule has 0 spiro atoms. The Morgan fingerprint density at radius 1 is 1.09 bits per heavy atom. The van der Waals surface area contributed by atoms with Gasteiger partial charge in [-0.15, -0.1) is 0 Å². The summed E-state index contributed by atoms with van der Waals surface area (Å²) in [6, 6.07) is 13.0. The second-order valence-corrected chi connectivity index (χ2v) is 6.01. The van der Waals surface area contributed by atoms with E-state index in [1.165, 1.54) is 6.07 Å². The molecule has 4 heteroatoms. The number of ether oxygens (including phenoxy) is 1. The number of nitrogens with zero attached hydrogens (tertiary/aromatic N) is 1. The van der Waals surface area contributed by atoms with E-state index in [4.69, 9.17) is 4.74 Å². The fourth-order valence-electron chi connectivity index (χ4n) is 3.51. The Balaban J connectivity index is 1.90. The van der Waals surface area contributed by atoms with Crippen molar-refractivity contribution in [2.75, 3.05) is 26.2 Å². The van der Waals surface area contributed by atoms with Crippen molar-refractivity contribution in [2.24, 2.45) is 0 Å². The second kappa shape index (κ2) is 5.07. The first kappa shape index (κ1) is 13.7. The van der Waals surface area contributed by atoms with E-state index in [0.29, 0.717) is 0 Å². The molecule has 2 aliphatic heterocycles. The molecule has 4 rings (SSSR count). The molecule has 2 heterocycles. The van der Waals surface area contributed by atoms with E-state index in [1.54, 1.807) is 6.07 Å². The molecule has 2 aromatic rings. The van der Waals surface area contributed by atoms with Crippen molar-refractivity contribution in [1.82, 2.24) is 10.2 Å². The number of halogens is 1. The van der Waals surface area contributed by atoms with Crippen LogP contribution in [0.5, 0.6) is 5.75 Å². The van der Waals surface area contributed by atoms with Crippen LogP contribution in [-0.2, 0) is 5.72 Å². The number of rotatable bonds is 1. The van der Waals surface area contributed by atoms with Crippen molar-refractivity contribution in [3.63, 3.8) is 0 Å². The van der Waals surface area contributed by atoms with Crippen LogP contribution < -0.4 is 10.1 Å². The van der Waals surface area contributed by atoms with Crippen molar-refractivity contribution in [3.8, 4) is 16.9 Å². The predicted octanol–water partition coefficient (Wildman–Crippen LogP) is 2.96. The SMILES string of the molecule is CC1(N2CCNCC2)Oc2ccccc2-c2ccc(F)cc21. The molecule has 1 N–H and O–H groups in total. The minimum Gasteiger partial charge on any atom is -0.468 e. The monoisotopic (exact) mass is 298 g/mol. The van der Waals surface area contributed by atoms with Gasteiger partial charge in [-0.2, -0.15) is 0 Å². The van der Waals surface area contributed by atoms with Gasteiger partial charge in [-0.1, -0.05) is 24.3 Å². The van der Waals surface area contributed by atoms with Crippen molar-refractivity contribution < 1.29 is 9.13 Å². The number of hydrogen-bond donors (Lipinski definition) is 1. The van der Waals surface area contributed by atoms with Gasteiger partial charge < -0.3 is 10.1 Å². The van der Waals surface area contributed by atoms with Crippen molar-refractivity contribution in [2.45, 2.75) is 12.6 Å². The first-order valence-corrected chi connectivity index (χ1v) is 7.73. The van der Waals surface area contributed by atoms with Crippen LogP contribution in [-0.4, -0.2) is 31.1 Å². The van der Waals surface area contributed by atoms with Crippen molar-refractivity contribution in [1.29, 1.82) is 0 Å². The lowest BCUT2D eigenvalue weighted by atomic mass is 9.88. The number of hydrogen-bond acceptors (Lipinski definition) is 3. The van der Waals surface area contributed by atoms with E-state index in [2.05, 4.69) is 10.2 Å². The summed E-state index contributed by atoms with van der Waals surface area (Å²) < 4.78 is 20.3. The molecular formula is C18H19FN2O. The molecule has 22 heavy (non-hydrogen) atoms. The third-order valence-electron chi connectivity index (χ3n) is 4.69. The van der Waals surface area contributed by atoms with E-state index >= 15 is 0 Å². The second-order valence-electron chi connectivity index (χ2n) is 6.01. The van der Waals surface area contributed by atoms with Crippen LogP contribution >= 0.6 is 0 Å². The molecule has 0 bridgehead atoms. The van der Waals surface area contributed by atoms with E-state index in [-0.39, 0.29) is 5.82 Å². The summed E-state index contributed by atoms with van der Waals surface area (Å²) in [7, 11) is 0. The lowest BCUT2D eigenvalue weighted by molar-refractivity contribution is -0.0846. The minimum absolute atomic E-state index is 0.219. The maximum absolute atomic E-state index is 13.9. The highest BCUT2D eigenvalue weighted by Crippen LogP contribution is 2.46. The molecular weight excluding hydrogens is 279 g/mol. The smallest absolute Gasteiger partial charge is 0.187 e. The van der Waals surface area contributed by atoms with Crippen LogP contribution in [0.4, 0.5) is 4.39 Å². The van der Waals surface area contributed by atoms with E-state index in [1.807, 2.05) is 37.3 Å². The first-order valence-electron chi connectivity index (χ1n) is 7.73. The fourth-order valence-corrected chi connectivity index (χ4v) is 3.51. The maximum Gasteiger partial charge on any atom is 0.187 e. The zero-order valence-electron chi connectivity index (χ0n) is 12.6. The topological polar surface area (TPSA) is 24.5 Å². The van der Waals surface area contributed by atoms with Gasteiger partial charge in [-0.05, 0) is 30.7 Å². The summed E-state index contributed by atoms with van der Waals surface area (Å²) in [6.45, 7) is 5.66. The van der Waals surface area contributed by atoms with Gasteiger partial charge in [0.25, 0.3) is 0 Å². The highest BCUT2D eigenvalue weighted by Gasteiger charge is 2.42. The van der Waals surface area contributed by atoms with E-state index in [0.717, 1.165) is 48.6 Å². The van der Waals surface area contributed by atoms with E-state index in [9.17, 15) is 4.39 Å². The van der Waals surface area contributed by atoms with Gasteiger partial charge in [0.2, 0.25) is 0 Å². The first-order chi connectivity index (χ1) is 10.7. The van der Waals surface area contributed by atoms with Gasteiger partial charge in [0.05, 0.1) is 0 Å². The molecule has 1 unspecified atom stereocenters. The average molecular weight is 298 g/mol. The van der Waals surface area contributed by atoms with Crippen LogP contribution in [0.25, 0.3) is 11.1 Å². The average Bonchev–Trinajstić information content (AvgIpc) is 2.56. The summed E-state index contributed by atoms with van der Waals surface area (Å²) in [4.78, 5) is 2.29. The predicted molar refractivity (Wildman–Crippen MR) is 84.3 cm³/mol. The van der Waals surface area contributed by atoms with Crippen LogP contribution in [0, 0.1) is 5.82 Å². The van der Waals surface area contributed by atoms with Crippen LogP contribution in [0.1, 0.15) is 12.5 Å². The largest absolute Gasteiger partial charge is 0.468 e. The van der Waals surface area contributed by atoms with Crippen LogP contribution in [0.2, 0.25) is 0 Å². The number of para-hydroxylation sites is 1.